The average molecular weight is 692 g/mol. The number of anilines is 1. The number of urea groups is 1. The van der Waals surface area contributed by atoms with Gasteiger partial charge in [0.15, 0.2) is 11.5 Å². The summed E-state index contributed by atoms with van der Waals surface area (Å²) in [6, 6.07) is 29.4. The second kappa shape index (κ2) is 13.5. The molecule has 0 aromatic heterocycles. The molecule has 1 fully saturated rings. The lowest BCUT2D eigenvalue weighted by molar-refractivity contribution is -0.122. The van der Waals surface area contributed by atoms with E-state index in [0.717, 1.165) is 37.9 Å². The maximum absolute atomic E-state index is 13.6. The lowest BCUT2D eigenvalue weighted by Crippen LogP contribution is -2.54. The van der Waals surface area contributed by atoms with Crippen LogP contribution in [-0.4, -0.2) is 25.0 Å². The lowest BCUT2D eigenvalue weighted by Gasteiger charge is -2.26. The minimum absolute atomic E-state index is 0.210. The molecule has 47 heavy (non-hydrogen) atoms. The number of hydrogen-bond acceptors (Lipinski definition) is 6. The smallest absolute Gasteiger partial charge is 0.335 e. The monoisotopic (exact) mass is 690 g/mol. The van der Waals surface area contributed by atoms with Crippen LogP contribution >= 0.6 is 15.9 Å². The van der Waals surface area contributed by atoms with Crippen LogP contribution in [0.2, 0.25) is 0 Å². The van der Waals surface area contributed by atoms with Crippen molar-refractivity contribution in [2.75, 3.05) is 12.0 Å². The van der Waals surface area contributed by atoms with Crippen LogP contribution in [-0.2, 0) is 22.8 Å². The first-order chi connectivity index (χ1) is 22.7. The van der Waals surface area contributed by atoms with Crippen molar-refractivity contribution in [2.45, 2.75) is 27.1 Å². The van der Waals surface area contributed by atoms with E-state index in [2.05, 4.69) is 45.5 Å². The van der Waals surface area contributed by atoms with E-state index in [4.69, 9.17) is 14.2 Å². The zero-order valence-corrected chi connectivity index (χ0v) is 27.6. The number of nitrogens with one attached hydrogen (secondary N) is 1. The number of imide groups is 2. The fourth-order valence-corrected chi connectivity index (χ4v) is 5.92. The Hall–Kier alpha value is -5.41. The SMILES string of the molecule is COc1cc(/C=C2\C(=O)NC(=O)N(c3ccc(OCc4ccc(C)cc4)cc3)C2=O)cc(Br)c1OCc1c(C)ccc2ccccc12. The molecule has 1 aliphatic rings. The molecule has 0 aliphatic carbocycles. The molecule has 236 valence electrons. The van der Waals surface area contributed by atoms with Crippen molar-refractivity contribution in [1.82, 2.24) is 5.32 Å². The van der Waals surface area contributed by atoms with Crippen molar-refractivity contribution in [3.8, 4) is 17.2 Å². The Morgan fingerprint density at radius 2 is 1.57 bits per heavy atom. The number of barbiturate groups is 1. The summed E-state index contributed by atoms with van der Waals surface area (Å²) in [5.41, 5.74) is 4.92. The van der Waals surface area contributed by atoms with Crippen molar-refractivity contribution < 1.29 is 28.6 Å². The number of benzene rings is 5. The third kappa shape index (κ3) is 6.76. The summed E-state index contributed by atoms with van der Waals surface area (Å²) >= 11 is 3.58. The molecule has 0 bridgehead atoms. The molecule has 1 heterocycles. The second-order valence-electron chi connectivity index (χ2n) is 11.1. The van der Waals surface area contributed by atoms with Gasteiger partial charge in [0.1, 0.15) is 24.5 Å². The van der Waals surface area contributed by atoms with Crippen LogP contribution < -0.4 is 24.4 Å². The van der Waals surface area contributed by atoms with Crippen LogP contribution in [0.15, 0.2) is 107 Å². The quantitative estimate of drug-likeness (QED) is 0.124. The Bertz CT molecular complexity index is 2040. The van der Waals surface area contributed by atoms with Crippen molar-refractivity contribution in [2.24, 2.45) is 0 Å². The second-order valence-corrected chi connectivity index (χ2v) is 12.0. The third-order valence-electron chi connectivity index (χ3n) is 7.92. The average Bonchev–Trinajstić information content (AvgIpc) is 3.07. The van der Waals surface area contributed by atoms with Gasteiger partial charge in [-0.05, 0) is 99.7 Å². The number of fused-ring (bicyclic) bond motifs is 1. The Kier molecular flexibility index (Phi) is 9.08. The van der Waals surface area contributed by atoms with Crippen molar-refractivity contribution in [3.63, 3.8) is 0 Å². The Morgan fingerprint density at radius 1 is 0.830 bits per heavy atom. The van der Waals surface area contributed by atoms with E-state index in [1.165, 1.54) is 13.2 Å². The molecule has 1 saturated heterocycles. The normalized spacial score (nSPS) is 14.0. The highest BCUT2D eigenvalue weighted by molar-refractivity contribution is 9.10. The van der Waals surface area contributed by atoms with Crippen molar-refractivity contribution in [3.05, 3.63) is 135 Å². The van der Waals surface area contributed by atoms with Crippen LogP contribution in [0.25, 0.3) is 16.8 Å². The number of methoxy groups -OCH3 is 1. The summed E-state index contributed by atoms with van der Waals surface area (Å²) < 4.78 is 18.3. The Balaban J connectivity index is 1.21. The molecule has 5 aromatic rings. The maximum Gasteiger partial charge on any atom is 0.335 e. The van der Waals surface area contributed by atoms with E-state index in [0.29, 0.717) is 46.2 Å². The van der Waals surface area contributed by atoms with E-state index in [-0.39, 0.29) is 5.57 Å². The molecular formula is C38H31BrN2O6. The first-order valence-electron chi connectivity index (χ1n) is 14.9. The first kappa shape index (κ1) is 31.6. The highest BCUT2D eigenvalue weighted by atomic mass is 79.9. The number of halogens is 1. The summed E-state index contributed by atoms with van der Waals surface area (Å²) in [6.07, 6.45) is 1.42. The number of hydrogen-bond donors (Lipinski definition) is 1. The molecule has 0 saturated carbocycles. The van der Waals surface area contributed by atoms with Crippen molar-refractivity contribution >= 4 is 56.3 Å². The largest absolute Gasteiger partial charge is 0.493 e. The van der Waals surface area contributed by atoms with Gasteiger partial charge in [0, 0.05) is 5.56 Å². The highest BCUT2D eigenvalue weighted by Gasteiger charge is 2.37. The Morgan fingerprint density at radius 3 is 2.32 bits per heavy atom. The highest BCUT2D eigenvalue weighted by Crippen LogP contribution is 2.39. The lowest BCUT2D eigenvalue weighted by atomic mass is 10.0. The topological polar surface area (TPSA) is 94.2 Å². The van der Waals surface area contributed by atoms with Gasteiger partial charge in [-0.2, -0.15) is 0 Å². The maximum atomic E-state index is 13.6. The fourth-order valence-electron chi connectivity index (χ4n) is 5.35. The van der Waals surface area contributed by atoms with Gasteiger partial charge < -0.3 is 14.2 Å². The molecule has 8 nitrogen and oxygen atoms in total. The summed E-state index contributed by atoms with van der Waals surface area (Å²) in [5.74, 6) is -0.101. The van der Waals surface area contributed by atoms with Crippen LogP contribution in [0.1, 0.15) is 27.8 Å². The molecule has 6 rings (SSSR count). The van der Waals surface area contributed by atoms with Gasteiger partial charge in [-0.1, -0.05) is 66.2 Å². The molecule has 9 heteroatoms. The van der Waals surface area contributed by atoms with Gasteiger partial charge in [0.05, 0.1) is 17.3 Å². The van der Waals surface area contributed by atoms with Crippen LogP contribution in [0.3, 0.4) is 0 Å². The molecule has 1 N–H and O–H groups in total. The van der Waals surface area contributed by atoms with Crippen LogP contribution in [0.5, 0.6) is 17.2 Å². The van der Waals surface area contributed by atoms with Crippen molar-refractivity contribution in [1.29, 1.82) is 0 Å². The van der Waals surface area contributed by atoms with E-state index in [1.807, 2.05) is 50.2 Å². The molecule has 0 atom stereocenters. The van der Waals surface area contributed by atoms with E-state index >= 15 is 0 Å². The Labute approximate surface area is 280 Å². The molecular weight excluding hydrogens is 660 g/mol. The predicted molar refractivity (Wildman–Crippen MR) is 185 cm³/mol. The minimum Gasteiger partial charge on any atom is -0.493 e. The van der Waals surface area contributed by atoms with E-state index in [1.54, 1.807) is 36.4 Å². The summed E-state index contributed by atoms with van der Waals surface area (Å²) in [6.45, 7) is 4.74. The molecule has 1 aliphatic heterocycles. The number of rotatable bonds is 9. The number of carbonyl (C=O) groups excluding carboxylic acids is 3. The third-order valence-corrected chi connectivity index (χ3v) is 8.51. The van der Waals surface area contributed by atoms with E-state index < -0.39 is 17.8 Å². The standard InChI is InChI=1S/C38H31BrN2O6/c1-23-8-11-25(12-9-23)21-46-29-16-14-28(15-17-29)41-37(43)31(36(42)40-38(41)44)18-26-19-33(39)35(34(20-26)45-3)47-22-32-24(2)10-13-27-6-4-5-7-30(27)32/h4-20H,21-22H2,1-3H3,(H,40,42,44)/b31-18+. The number of amides is 4. The van der Waals surface area contributed by atoms with Gasteiger partial charge in [0.2, 0.25) is 0 Å². The van der Waals surface area contributed by atoms with Crippen LogP contribution in [0.4, 0.5) is 10.5 Å². The fraction of sp³-hybridized carbons (Fsp3) is 0.132. The number of carbonyl (C=O) groups is 3. The predicted octanol–water partition coefficient (Wildman–Crippen LogP) is 8.05. The molecule has 5 aromatic carbocycles. The summed E-state index contributed by atoms with van der Waals surface area (Å²) in [5, 5.41) is 4.49. The zero-order chi connectivity index (χ0) is 33.1. The number of aryl methyl sites for hydroxylation is 2. The van der Waals surface area contributed by atoms with Gasteiger partial charge in [-0.3, -0.25) is 14.9 Å². The molecule has 0 radical (unpaired) electrons. The van der Waals surface area contributed by atoms with E-state index in [9.17, 15) is 14.4 Å². The van der Waals surface area contributed by atoms with Crippen LogP contribution in [0, 0.1) is 13.8 Å². The molecule has 0 unspecified atom stereocenters. The van der Waals surface area contributed by atoms with Gasteiger partial charge in [-0.15, -0.1) is 0 Å². The zero-order valence-electron chi connectivity index (χ0n) is 26.0. The first-order valence-corrected chi connectivity index (χ1v) is 15.7. The van der Waals surface area contributed by atoms with Gasteiger partial charge >= 0.3 is 6.03 Å². The molecule has 0 spiro atoms. The minimum atomic E-state index is -0.836. The number of nitrogens with zero attached hydrogens (tertiary/aromatic N) is 1. The van der Waals surface area contributed by atoms with Gasteiger partial charge in [0.25, 0.3) is 11.8 Å². The summed E-state index contributed by atoms with van der Waals surface area (Å²) in [4.78, 5) is 40.1. The summed E-state index contributed by atoms with van der Waals surface area (Å²) in [7, 11) is 1.52. The molecule has 4 amide bonds. The van der Waals surface area contributed by atoms with Gasteiger partial charge in [-0.25, -0.2) is 9.69 Å². The number of ether oxygens (including phenoxy) is 3.